The smallest absolute Gasteiger partial charge is 0.0425 e. The maximum Gasteiger partial charge on any atom is 0.0425 e. The monoisotopic (exact) mass is 305 g/mol. The molecule has 2 N–H and O–H groups in total. The number of hydrogen-bond donors (Lipinski definition) is 1. The molecule has 0 aliphatic carbocycles. The number of fused-ring (bicyclic) bond motifs is 1. The van der Waals surface area contributed by atoms with E-state index in [1.165, 1.54) is 4.70 Å². The van der Waals surface area contributed by atoms with E-state index in [2.05, 4.69) is 37.9 Å². The van der Waals surface area contributed by atoms with Crippen LogP contribution in [-0.4, -0.2) is 0 Å². The molecule has 0 saturated carbocycles. The molecule has 0 saturated heterocycles. The second-order valence-corrected chi connectivity index (χ2v) is 5.13. The van der Waals surface area contributed by atoms with Crippen molar-refractivity contribution in [3.63, 3.8) is 0 Å². The third-order valence-corrected chi connectivity index (χ3v) is 3.94. The molecule has 0 unspecified atom stereocenters. The van der Waals surface area contributed by atoms with Crippen LogP contribution in [0.15, 0.2) is 26.5 Å². The number of hydrogen-bond acceptors (Lipinski definition) is 2. The van der Waals surface area contributed by atoms with E-state index in [1.807, 2.05) is 11.4 Å². The summed E-state index contributed by atoms with van der Waals surface area (Å²) in [6, 6.07) is 3.99. The van der Waals surface area contributed by atoms with Gasteiger partial charge in [0.15, 0.2) is 0 Å². The van der Waals surface area contributed by atoms with Crippen molar-refractivity contribution in [3.8, 4) is 0 Å². The average molecular weight is 307 g/mol. The van der Waals surface area contributed by atoms with Crippen molar-refractivity contribution < 1.29 is 0 Å². The Labute approximate surface area is 90.8 Å². The van der Waals surface area contributed by atoms with E-state index >= 15 is 0 Å². The molecule has 0 aliphatic heterocycles. The number of thiophene rings is 1. The molecule has 0 aliphatic rings. The normalized spacial score (nSPS) is 10.8. The summed E-state index contributed by atoms with van der Waals surface area (Å²) in [5.74, 6) is 0. The van der Waals surface area contributed by atoms with E-state index < -0.39 is 0 Å². The summed E-state index contributed by atoms with van der Waals surface area (Å²) in [7, 11) is 0. The number of rotatable bonds is 0. The Bertz CT molecular complexity index is 436. The minimum atomic E-state index is 0.813. The van der Waals surface area contributed by atoms with Gasteiger partial charge in [-0.05, 0) is 28.1 Å². The van der Waals surface area contributed by atoms with Gasteiger partial charge in [-0.1, -0.05) is 15.9 Å². The summed E-state index contributed by atoms with van der Waals surface area (Å²) in [4.78, 5) is 0. The summed E-state index contributed by atoms with van der Waals surface area (Å²) in [5, 5.41) is 3.16. The van der Waals surface area contributed by atoms with Crippen LogP contribution >= 0.6 is 43.2 Å². The molecule has 0 radical (unpaired) electrons. The quantitative estimate of drug-likeness (QED) is 0.731. The number of nitrogen functional groups attached to an aromatic ring is 1. The molecule has 12 heavy (non-hydrogen) atoms. The SMILES string of the molecule is Nc1cc(Br)cc2scc(Br)c12. The highest BCUT2D eigenvalue weighted by Crippen LogP contribution is 2.36. The van der Waals surface area contributed by atoms with Gasteiger partial charge < -0.3 is 5.73 Å². The Kier molecular flexibility index (Phi) is 2.14. The molecule has 4 heteroatoms. The maximum atomic E-state index is 5.85. The largest absolute Gasteiger partial charge is 0.398 e. The van der Waals surface area contributed by atoms with E-state index in [0.717, 1.165) is 20.0 Å². The molecule has 0 amide bonds. The Morgan fingerprint density at radius 1 is 1.25 bits per heavy atom. The van der Waals surface area contributed by atoms with Crippen molar-refractivity contribution >= 4 is 59.0 Å². The van der Waals surface area contributed by atoms with Crippen LogP contribution in [0.1, 0.15) is 0 Å². The van der Waals surface area contributed by atoms with Crippen LogP contribution in [0.2, 0.25) is 0 Å². The van der Waals surface area contributed by atoms with Crippen LogP contribution < -0.4 is 5.73 Å². The molecule has 0 bridgehead atoms. The van der Waals surface area contributed by atoms with Gasteiger partial charge in [-0.15, -0.1) is 11.3 Å². The third kappa shape index (κ3) is 1.28. The highest BCUT2D eigenvalue weighted by molar-refractivity contribution is 9.11. The Hall–Kier alpha value is -0.0600. The zero-order valence-electron chi connectivity index (χ0n) is 5.97. The Morgan fingerprint density at radius 3 is 2.75 bits per heavy atom. The van der Waals surface area contributed by atoms with Crippen molar-refractivity contribution in [3.05, 3.63) is 26.5 Å². The lowest BCUT2D eigenvalue weighted by Crippen LogP contribution is -1.84. The van der Waals surface area contributed by atoms with Crippen LogP contribution in [0.3, 0.4) is 0 Å². The average Bonchev–Trinajstić information content (AvgIpc) is 2.31. The van der Waals surface area contributed by atoms with Gasteiger partial charge in [-0.2, -0.15) is 0 Å². The van der Waals surface area contributed by atoms with E-state index in [0.29, 0.717) is 0 Å². The molecule has 1 aromatic carbocycles. The van der Waals surface area contributed by atoms with Crippen LogP contribution in [0.5, 0.6) is 0 Å². The molecular formula is C8H5Br2NS. The fourth-order valence-electron chi connectivity index (χ4n) is 1.12. The van der Waals surface area contributed by atoms with Crippen molar-refractivity contribution in [1.29, 1.82) is 0 Å². The van der Waals surface area contributed by atoms with Crippen LogP contribution in [0.4, 0.5) is 5.69 Å². The molecule has 1 nitrogen and oxygen atoms in total. The molecular weight excluding hydrogens is 302 g/mol. The summed E-state index contributed by atoms with van der Waals surface area (Å²) < 4.78 is 3.31. The van der Waals surface area contributed by atoms with E-state index in [9.17, 15) is 0 Å². The molecule has 0 fully saturated rings. The lowest BCUT2D eigenvalue weighted by atomic mass is 10.2. The predicted molar refractivity (Wildman–Crippen MR) is 61.6 cm³/mol. The second-order valence-electron chi connectivity index (χ2n) is 2.45. The summed E-state index contributed by atoms with van der Waals surface area (Å²) in [6.45, 7) is 0. The summed E-state index contributed by atoms with van der Waals surface area (Å²) in [5.41, 5.74) is 6.66. The zero-order chi connectivity index (χ0) is 8.72. The van der Waals surface area contributed by atoms with Crippen molar-refractivity contribution in [2.45, 2.75) is 0 Å². The van der Waals surface area contributed by atoms with Crippen LogP contribution in [0.25, 0.3) is 10.1 Å². The van der Waals surface area contributed by atoms with Gasteiger partial charge in [0.2, 0.25) is 0 Å². The lowest BCUT2D eigenvalue weighted by molar-refractivity contribution is 1.73. The molecule has 2 rings (SSSR count). The minimum absolute atomic E-state index is 0.813. The number of nitrogens with two attached hydrogens (primary N) is 1. The highest BCUT2D eigenvalue weighted by Gasteiger charge is 2.05. The van der Waals surface area contributed by atoms with E-state index in [-0.39, 0.29) is 0 Å². The first-order valence-electron chi connectivity index (χ1n) is 3.30. The van der Waals surface area contributed by atoms with Crippen molar-refractivity contribution in [2.75, 3.05) is 5.73 Å². The molecule has 0 atom stereocenters. The lowest BCUT2D eigenvalue weighted by Gasteiger charge is -1.97. The first kappa shape index (κ1) is 8.53. The number of benzene rings is 1. The summed E-state index contributed by atoms with van der Waals surface area (Å²) in [6.07, 6.45) is 0. The van der Waals surface area contributed by atoms with Gasteiger partial charge in [0.05, 0.1) is 0 Å². The zero-order valence-corrected chi connectivity index (χ0v) is 9.96. The topological polar surface area (TPSA) is 26.0 Å². The van der Waals surface area contributed by atoms with Gasteiger partial charge in [-0.25, -0.2) is 0 Å². The predicted octanol–water partition coefficient (Wildman–Crippen LogP) is 4.01. The highest BCUT2D eigenvalue weighted by atomic mass is 79.9. The summed E-state index contributed by atoms with van der Waals surface area (Å²) >= 11 is 8.55. The van der Waals surface area contributed by atoms with E-state index in [4.69, 9.17) is 5.73 Å². The number of anilines is 1. The molecule has 62 valence electrons. The van der Waals surface area contributed by atoms with Crippen molar-refractivity contribution in [1.82, 2.24) is 0 Å². The van der Waals surface area contributed by atoms with Gasteiger partial charge in [0, 0.05) is 30.1 Å². The first-order chi connectivity index (χ1) is 5.68. The molecule has 1 heterocycles. The van der Waals surface area contributed by atoms with Gasteiger partial charge in [0.1, 0.15) is 0 Å². The Morgan fingerprint density at radius 2 is 2.00 bits per heavy atom. The molecule has 1 aromatic heterocycles. The molecule has 0 spiro atoms. The van der Waals surface area contributed by atoms with Gasteiger partial charge in [-0.3, -0.25) is 0 Å². The minimum Gasteiger partial charge on any atom is -0.398 e. The van der Waals surface area contributed by atoms with Gasteiger partial charge in [0.25, 0.3) is 0 Å². The third-order valence-electron chi connectivity index (χ3n) is 1.63. The number of halogens is 2. The Balaban J connectivity index is 2.93. The van der Waals surface area contributed by atoms with E-state index in [1.54, 1.807) is 11.3 Å². The van der Waals surface area contributed by atoms with Crippen LogP contribution in [0, 0.1) is 0 Å². The first-order valence-corrected chi connectivity index (χ1v) is 5.77. The fourth-order valence-corrected chi connectivity index (χ4v) is 3.49. The standard InChI is InChI=1S/C8H5Br2NS/c9-4-1-6(11)8-5(10)3-12-7(8)2-4/h1-3H,11H2. The van der Waals surface area contributed by atoms with Gasteiger partial charge >= 0.3 is 0 Å². The van der Waals surface area contributed by atoms with Crippen molar-refractivity contribution in [2.24, 2.45) is 0 Å². The molecule has 2 aromatic rings. The second kappa shape index (κ2) is 3.01. The van der Waals surface area contributed by atoms with Crippen LogP contribution in [-0.2, 0) is 0 Å². The fraction of sp³-hybridized carbons (Fsp3) is 0. The maximum absolute atomic E-state index is 5.85.